The van der Waals surface area contributed by atoms with E-state index in [1.54, 1.807) is 46.6 Å². The monoisotopic (exact) mass is 460 g/mol. The summed E-state index contributed by atoms with van der Waals surface area (Å²) in [5, 5.41) is 10.4. The Hall–Kier alpha value is -3.56. The fraction of sp³-hybridized carbons (Fsp3) is 0.200. The summed E-state index contributed by atoms with van der Waals surface area (Å²) < 4.78 is 66.1. The number of nitriles is 1. The third-order valence-electron chi connectivity index (χ3n) is 4.83. The summed E-state index contributed by atoms with van der Waals surface area (Å²) in [5.74, 6) is 0.0289. The van der Waals surface area contributed by atoms with E-state index in [1.807, 2.05) is 0 Å². The Labute approximate surface area is 180 Å². The highest BCUT2D eigenvalue weighted by Gasteiger charge is 2.39. The minimum absolute atomic E-state index is 0.0289. The quantitative estimate of drug-likeness (QED) is 0.625. The number of sulfonamides is 1. The highest BCUT2D eigenvalue weighted by molar-refractivity contribution is 7.89. The lowest BCUT2D eigenvalue weighted by Crippen LogP contribution is -2.43. The summed E-state index contributed by atoms with van der Waals surface area (Å²) in [6, 6.07) is 3.34. The number of alkyl halides is 3. The van der Waals surface area contributed by atoms with Crippen molar-refractivity contribution in [1.82, 2.24) is 24.2 Å². The second-order valence-corrected chi connectivity index (χ2v) is 8.79. The molecule has 0 amide bonds. The van der Waals surface area contributed by atoms with Crippen molar-refractivity contribution >= 4 is 26.8 Å². The van der Waals surface area contributed by atoms with Crippen LogP contribution in [0.1, 0.15) is 18.2 Å². The van der Waals surface area contributed by atoms with E-state index >= 15 is 0 Å². The molecule has 12 heteroatoms. The van der Waals surface area contributed by atoms with Gasteiger partial charge in [-0.25, -0.2) is 23.4 Å². The maximum atomic E-state index is 12.7. The van der Waals surface area contributed by atoms with Crippen LogP contribution >= 0.6 is 0 Å². The first-order valence-electron chi connectivity index (χ1n) is 9.25. The highest BCUT2D eigenvalue weighted by Crippen LogP contribution is 2.35. The number of fused-ring (bicyclic) bond motifs is 1. The average Bonchev–Trinajstić information content (AvgIpc) is 2.99. The second kappa shape index (κ2) is 7.54. The molecule has 164 valence electrons. The minimum Gasteiger partial charge on any atom is -0.290 e. The van der Waals surface area contributed by atoms with Crippen molar-refractivity contribution < 1.29 is 21.6 Å². The molecule has 1 aliphatic carbocycles. The number of rotatable bonds is 5. The maximum absolute atomic E-state index is 12.7. The standard InChI is InChI=1S/C20H15F3N6O2S/c1-11-6-7-15-16(8-24)17(29(19(15)27-11)13-4-3-5-13)18-25-9-14(10-26-18)32(30,31)28-12(2)20(21,22)23/h3-7,9-10,12,28H,1-2H3/t12-/m1/s1. The Kier molecular flexibility index (Phi) is 5.10. The van der Waals surface area contributed by atoms with Crippen molar-refractivity contribution in [3.63, 3.8) is 0 Å². The summed E-state index contributed by atoms with van der Waals surface area (Å²) in [5.41, 5.74) is 2.51. The lowest BCUT2D eigenvalue weighted by Gasteiger charge is -2.17. The van der Waals surface area contributed by atoms with Gasteiger partial charge in [-0.15, -0.1) is 0 Å². The van der Waals surface area contributed by atoms with Crippen LogP contribution in [0.5, 0.6) is 0 Å². The van der Waals surface area contributed by atoms with Gasteiger partial charge < -0.3 is 0 Å². The van der Waals surface area contributed by atoms with Crippen LogP contribution in [0.3, 0.4) is 0 Å². The molecule has 1 N–H and O–H groups in total. The third kappa shape index (κ3) is 3.65. The topological polar surface area (TPSA) is 114 Å². The average molecular weight is 460 g/mol. The molecule has 0 saturated heterocycles. The lowest BCUT2D eigenvalue weighted by atomic mass is 10.1. The van der Waals surface area contributed by atoms with Gasteiger partial charge in [-0.2, -0.15) is 23.2 Å². The molecule has 4 rings (SSSR count). The molecule has 1 aliphatic rings. The summed E-state index contributed by atoms with van der Waals surface area (Å²) in [4.78, 5) is 12.1. The van der Waals surface area contributed by atoms with Crippen LogP contribution < -0.4 is 4.72 Å². The summed E-state index contributed by atoms with van der Waals surface area (Å²) >= 11 is 0. The van der Waals surface area contributed by atoms with Gasteiger partial charge in [0.2, 0.25) is 10.0 Å². The molecule has 0 aliphatic heterocycles. The molecule has 1 atom stereocenters. The van der Waals surface area contributed by atoms with Crippen molar-refractivity contribution in [2.24, 2.45) is 0 Å². The zero-order chi connectivity index (χ0) is 23.3. The van der Waals surface area contributed by atoms with Gasteiger partial charge in [0, 0.05) is 16.8 Å². The van der Waals surface area contributed by atoms with Crippen molar-refractivity contribution in [3.8, 4) is 17.6 Å². The second-order valence-electron chi connectivity index (χ2n) is 7.07. The fourth-order valence-electron chi connectivity index (χ4n) is 3.11. The fourth-order valence-corrected chi connectivity index (χ4v) is 4.22. The number of hydrogen-bond acceptors (Lipinski definition) is 6. The van der Waals surface area contributed by atoms with Crippen LogP contribution in [0.15, 0.2) is 47.6 Å². The van der Waals surface area contributed by atoms with Gasteiger partial charge in [-0.1, -0.05) is 6.08 Å². The van der Waals surface area contributed by atoms with Crippen LogP contribution in [-0.2, 0) is 10.0 Å². The number of hydrogen-bond donors (Lipinski definition) is 1. The van der Waals surface area contributed by atoms with E-state index in [1.165, 1.54) is 0 Å². The molecule has 0 saturated carbocycles. The number of nitrogens with zero attached hydrogens (tertiary/aromatic N) is 5. The van der Waals surface area contributed by atoms with Crippen LogP contribution in [0, 0.1) is 18.3 Å². The molecule has 32 heavy (non-hydrogen) atoms. The van der Waals surface area contributed by atoms with Crippen LogP contribution in [0.25, 0.3) is 28.2 Å². The molecule has 8 nitrogen and oxygen atoms in total. The van der Waals surface area contributed by atoms with E-state index in [0.717, 1.165) is 23.8 Å². The Balaban J connectivity index is 1.82. The zero-order valence-corrected chi connectivity index (χ0v) is 17.5. The summed E-state index contributed by atoms with van der Waals surface area (Å²) in [6.07, 6.45) is 2.47. The van der Waals surface area contributed by atoms with Gasteiger partial charge in [0.05, 0.1) is 18.0 Å². The Morgan fingerprint density at radius 3 is 2.41 bits per heavy atom. The van der Waals surface area contributed by atoms with Crippen molar-refractivity contribution in [1.29, 1.82) is 5.26 Å². The van der Waals surface area contributed by atoms with E-state index in [2.05, 4.69) is 21.0 Å². The van der Waals surface area contributed by atoms with Crippen LogP contribution in [0.4, 0.5) is 13.2 Å². The summed E-state index contributed by atoms with van der Waals surface area (Å²) in [6.45, 7) is 2.50. The maximum Gasteiger partial charge on any atom is 0.404 e. The molecule has 0 unspecified atom stereocenters. The molecule has 0 aromatic carbocycles. The number of aromatic nitrogens is 4. The Morgan fingerprint density at radius 1 is 1.22 bits per heavy atom. The predicted octanol–water partition coefficient (Wildman–Crippen LogP) is 3.31. The van der Waals surface area contributed by atoms with Crippen molar-refractivity contribution in [2.75, 3.05) is 0 Å². The third-order valence-corrected chi connectivity index (χ3v) is 6.33. The smallest absolute Gasteiger partial charge is 0.290 e. The van der Waals surface area contributed by atoms with Crippen LogP contribution in [0.2, 0.25) is 0 Å². The largest absolute Gasteiger partial charge is 0.404 e. The van der Waals surface area contributed by atoms with Gasteiger partial charge in [-0.3, -0.25) is 4.57 Å². The highest BCUT2D eigenvalue weighted by atomic mass is 32.2. The van der Waals surface area contributed by atoms with Gasteiger partial charge in [0.25, 0.3) is 0 Å². The first-order chi connectivity index (χ1) is 15.0. The van der Waals surface area contributed by atoms with Crippen molar-refractivity contribution in [3.05, 3.63) is 54.0 Å². The first kappa shape index (κ1) is 21.7. The van der Waals surface area contributed by atoms with E-state index in [4.69, 9.17) is 0 Å². The number of allylic oxidation sites excluding steroid dienone is 4. The number of pyridine rings is 1. The predicted molar refractivity (Wildman–Crippen MR) is 109 cm³/mol. The van der Waals surface area contributed by atoms with Gasteiger partial charge in [0.15, 0.2) is 5.82 Å². The SMILES string of the molecule is Cc1ccc2c(C#N)c(-c3ncc(S(=O)(=O)N[C@H](C)C(F)(F)F)cn3)n(C3=CC=C3)c2n1. The van der Waals surface area contributed by atoms with E-state index in [9.17, 15) is 26.9 Å². The number of aryl methyl sites for hydroxylation is 1. The molecular weight excluding hydrogens is 445 g/mol. The molecule has 3 aromatic rings. The van der Waals surface area contributed by atoms with Gasteiger partial charge in [0.1, 0.15) is 28.3 Å². The first-order valence-corrected chi connectivity index (χ1v) is 10.7. The van der Waals surface area contributed by atoms with E-state index in [0.29, 0.717) is 23.7 Å². The molecule has 0 radical (unpaired) electrons. The zero-order valence-electron chi connectivity index (χ0n) is 16.7. The van der Waals surface area contributed by atoms with E-state index < -0.39 is 27.1 Å². The van der Waals surface area contributed by atoms with Crippen LogP contribution in [-0.4, -0.2) is 40.2 Å². The van der Waals surface area contributed by atoms with Crippen molar-refractivity contribution in [2.45, 2.75) is 31.0 Å². The Morgan fingerprint density at radius 2 is 1.88 bits per heavy atom. The summed E-state index contributed by atoms with van der Waals surface area (Å²) in [7, 11) is -4.51. The number of nitrogens with one attached hydrogen (secondary N) is 1. The number of halogens is 3. The molecule has 0 bridgehead atoms. The normalized spacial score (nSPS) is 14.7. The van der Waals surface area contributed by atoms with Gasteiger partial charge >= 0.3 is 6.18 Å². The lowest BCUT2D eigenvalue weighted by molar-refractivity contribution is -0.147. The minimum atomic E-state index is -4.74. The molecule has 3 heterocycles. The molecule has 0 spiro atoms. The molecule has 3 aromatic heterocycles. The van der Waals surface area contributed by atoms with E-state index in [-0.39, 0.29) is 11.4 Å². The van der Waals surface area contributed by atoms with Gasteiger partial charge in [-0.05, 0) is 38.1 Å². The Bertz CT molecular complexity index is 1430. The molecule has 0 fully saturated rings. The molecular formula is C20H15F3N6O2S.